The van der Waals surface area contributed by atoms with Gasteiger partial charge in [0.25, 0.3) is 0 Å². The van der Waals surface area contributed by atoms with Crippen molar-refractivity contribution in [2.45, 2.75) is 25.8 Å². The van der Waals surface area contributed by atoms with Gasteiger partial charge in [-0.15, -0.1) is 24.0 Å². The van der Waals surface area contributed by atoms with Crippen molar-refractivity contribution in [1.29, 1.82) is 0 Å². The van der Waals surface area contributed by atoms with Gasteiger partial charge < -0.3 is 15.4 Å². The number of ether oxygens (including phenoxy) is 1. The molecule has 0 radical (unpaired) electrons. The van der Waals surface area contributed by atoms with E-state index in [-0.39, 0.29) is 35.9 Å². The Balaban J connectivity index is 0.00000441. The van der Waals surface area contributed by atoms with Crippen LogP contribution in [0.5, 0.6) is 0 Å². The van der Waals surface area contributed by atoms with Crippen molar-refractivity contribution in [3.05, 3.63) is 35.4 Å². The average molecular weight is 427 g/mol. The Hall–Kier alpha value is -0.960. The van der Waals surface area contributed by atoms with Crippen LogP contribution >= 0.6 is 24.0 Å². The van der Waals surface area contributed by atoms with Crippen LogP contribution in [0.25, 0.3) is 0 Å². The summed E-state index contributed by atoms with van der Waals surface area (Å²) in [7, 11) is 3.32. The molecule has 0 saturated heterocycles. The molecule has 2 N–H and O–H groups in total. The molecule has 7 heteroatoms. The summed E-state index contributed by atoms with van der Waals surface area (Å²) >= 11 is 0. The Kier molecular flexibility index (Phi) is 10.2. The van der Waals surface area contributed by atoms with Gasteiger partial charge in [0.1, 0.15) is 0 Å². The molecule has 0 aliphatic heterocycles. The van der Waals surface area contributed by atoms with E-state index >= 15 is 0 Å². The van der Waals surface area contributed by atoms with Crippen molar-refractivity contribution in [3.63, 3.8) is 0 Å². The maximum atomic E-state index is 13.2. The summed E-state index contributed by atoms with van der Waals surface area (Å²) in [6, 6.07) is 4.09. The molecule has 2 atom stereocenters. The minimum Gasteiger partial charge on any atom is -0.383 e. The van der Waals surface area contributed by atoms with E-state index in [9.17, 15) is 8.78 Å². The third-order valence-electron chi connectivity index (χ3n) is 3.11. The number of aliphatic imine (C=N–C) groups is 1. The lowest BCUT2D eigenvalue weighted by Gasteiger charge is -2.19. The third kappa shape index (κ3) is 6.87. The monoisotopic (exact) mass is 427 g/mol. The lowest BCUT2D eigenvalue weighted by Crippen LogP contribution is -2.44. The molecule has 1 aromatic rings. The van der Waals surface area contributed by atoms with Gasteiger partial charge in [-0.05, 0) is 30.5 Å². The SMILES string of the molecule is CN=C(NCC(C)c1ccc(F)c(F)c1)NC(C)COC.I. The summed E-state index contributed by atoms with van der Waals surface area (Å²) in [6.07, 6.45) is 0. The van der Waals surface area contributed by atoms with Gasteiger partial charge in [0.2, 0.25) is 0 Å². The van der Waals surface area contributed by atoms with Crippen LogP contribution in [0.15, 0.2) is 23.2 Å². The normalized spacial score (nSPS) is 14.0. The Morgan fingerprint density at radius 1 is 1.27 bits per heavy atom. The standard InChI is InChI=1S/C15H23F2N3O.HI/c1-10(12-5-6-13(16)14(17)7-12)8-19-15(18-3)20-11(2)9-21-4;/h5-7,10-11H,8-9H2,1-4H3,(H2,18,19,20);1H. The molecular weight excluding hydrogens is 403 g/mol. The molecule has 22 heavy (non-hydrogen) atoms. The molecule has 0 aromatic heterocycles. The van der Waals surface area contributed by atoms with Gasteiger partial charge >= 0.3 is 0 Å². The molecular formula is C15H24F2IN3O. The Labute approximate surface area is 147 Å². The summed E-state index contributed by atoms with van der Waals surface area (Å²) in [4.78, 5) is 4.11. The molecule has 0 heterocycles. The molecule has 0 bridgehead atoms. The molecule has 1 rings (SSSR count). The van der Waals surface area contributed by atoms with E-state index in [1.54, 1.807) is 20.2 Å². The molecule has 126 valence electrons. The molecule has 0 amide bonds. The van der Waals surface area contributed by atoms with Gasteiger partial charge in [-0.3, -0.25) is 4.99 Å². The highest BCUT2D eigenvalue weighted by molar-refractivity contribution is 14.0. The average Bonchev–Trinajstić information content (AvgIpc) is 2.46. The van der Waals surface area contributed by atoms with Crippen molar-refractivity contribution in [1.82, 2.24) is 10.6 Å². The van der Waals surface area contributed by atoms with E-state index < -0.39 is 11.6 Å². The van der Waals surface area contributed by atoms with Crippen LogP contribution in [-0.2, 0) is 4.74 Å². The van der Waals surface area contributed by atoms with E-state index in [2.05, 4.69) is 15.6 Å². The molecule has 2 unspecified atom stereocenters. The highest BCUT2D eigenvalue weighted by atomic mass is 127. The highest BCUT2D eigenvalue weighted by Gasteiger charge is 2.11. The largest absolute Gasteiger partial charge is 0.383 e. The zero-order valence-corrected chi connectivity index (χ0v) is 15.7. The number of nitrogens with one attached hydrogen (secondary N) is 2. The number of hydrogen-bond acceptors (Lipinski definition) is 2. The van der Waals surface area contributed by atoms with Crippen LogP contribution in [0, 0.1) is 11.6 Å². The molecule has 0 fully saturated rings. The Morgan fingerprint density at radius 2 is 1.95 bits per heavy atom. The topological polar surface area (TPSA) is 45.7 Å². The molecule has 4 nitrogen and oxygen atoms in total. The lowest BCUT2D eigenvalue weighted by molar-refractivity contribution is 0.179. The first-order valence-corrected chi connectivity index (χ1v) is 6.89. The van der Waals surface area contributed by atoms with Crippen LogP contribution < -0.4 is 10.6 Å². The van der Waals surface area contributed by atoms with Crippen LogP contribution in [0.4, 0.5) is 8.78 Å². The van der Waals surface area contributed by atoms with Gasteiger partial charge in [0, 0.05) is 26.7 Å². The third-order valence-corrected chi connectivity index (χ3v) is 3.11. The summed E-state index contributed by atoms with van der Waals surface area (Å²) in [5.74, 6) is -0.981. The Morgan fingerprint density at radius 3 is 2.50 bits per heavy atom. The van der Waals surface area contributed by atoms with Crippen molar-refractivity contribution in [3.8, 4) is 0 Å². The van der Waals surface area contributed by atoms with E-state index in [1.165, 1.54) is 6.07 Å². The van der Waals surface area contributed by atoms with Crippen molar-refractivity contribution in [2.75, 3.05) is 27.3 Å². The first-order valence-electron chi connectivity index (χ1n) is 6.89. The van der Waals surface area contributed by atoms with E-state index in [1.807, 2.05) is 13.8 Å². The number of benzene rings is 1. The van der Waals surface area contributed by atoms with E-state index in [4.69, 9.17) is 4.74 Å². The predicted molar refractivity (Wildman–Crippen MR) is 96.0 cm³/mol. The Bertz CT molecular complexity index is 486. The molecule has 0 spiro atoms. The number of halogens is 3. The summed E-state index contributed by atoms with van der Waals surface area (Å²) in [5, 5.41) is 6.33. The van der Waals surface area contributed by atoms with E-state index in [0.717, 1.165) is 11.6 Å². The zero-order chi connectivity index (χ0) is 15.8. The van der Waals surface area contributed by atoms with Crippen molar-refractivity contribution >= 4 is 29.9 Å². The highest BCUT2D eigenvalue weighted by Crippen LogP contribution is 2.17. The summed E-state index contributed by atoms with van der Waals surface area (Å²) in [6.45, 7) is 5.05. The van der Waals surface area contributed by atoms with Gasteiger partial charge in [-0.2, -0.15) is 0 Å². The van der Waals surface area contributed by atoms with Crippen molar-refractivity contribution in [2.24, 2.45) is 4.99 Å². The second-order valence-electron chi connectivity index (χ2n) is 5.03. The van der Waals surface area contributed by atoms with Crippen molar-refractivity contribution < 1.29 is 13.5 Å². The number of nitrogens with zero attached hydrogens (tertiary/aromatic N) is 1. The summed E-state index contributed by atoms with van der Waals surface area (Å²) < 4.78 is 31.2. The fourth-order valence-electron chi connectivity index (χ4n) is 1.91. The van der Waals surface area contributed by atoms with Gasteiger partial charge in [-0.1, -0.05) is 13.0 Å². The van der Waals surface area contributed by atoms with Gasteiger partial charge in [-0.25, -0.2) is 8.78 Å². The first kappa shape index (κ1) is 21.0. The number of hydrogen-bond donors (Lipinski definition) is 2. The fraction of sp³-hybridized carbons (Fsp3) is 0.533. The van der Waals surface area contributed by atoms with Crippen LogP contribution in [0.1, 0.15) is 25.3 Å². The number of rotatable bonds is 6. The zero-order valence-electron chi connectivity index (χ0n) is 13.3. The smallest absolute Gasteiger partial charge is 0.191 e. The predicted octanol–water partition coefficient (Wildman–Crippen LogP) is 2.89. The van der Waals surface area contributed by atoms with Gasteiger partial charge in [0.15, 0.2) is 17.6 Å². The van der Waals surface area contributed by atoms with Crippen LogP contribution in [-0.4, -0.2) is 39.3 Å². The lowest BCUT2D eigenvalue weighted by atomic mass is 10.0. The summed E-state index contributed by atoms with van der Waals surface area (Å²) in [5.41, 5.74) is 0.738. The van der Waals surface area contributed by atoms with Crippen LogP contribution in [0.2, 0.25) is 0 Å². The number of methoxy groups -OCH3 is 1. The van der Waals surface area contributed by atoms with Crippen LogP contribution in [0.3, 0.4) is 0 Å². The second-order valence-corrected chi connectivity index (χ2v) is 5.03. The maximum absolute atomic E-state index is 13.2. The molecule has 0 saturated carbocycles. The number of guanidine groups is 1. The maximum Gasteiger partial charge on any atom is 0.191 e. The molecule has 1 aromatic carbocycles. The molecule has 0 aliphatic carbocycles. The fourth-order valence-corrected chi connectivity index (χ4v) is 1.91. The molecule has 0 aliphatic rings. The quantitative estimate of drug-likeness (QED) is 0.417. The van der Waals surface area contributed by atoms with E-state index in [0.29, 0.717) is 19.1 Å². The second kappa shape index (κ2) is 10.7. The minimum absolute atomic E-state index is 0. The minimum atomic E-state index is -0.829. The van der Waals surface area contributed by atoms with Gasteiger partial charge in [0.05, 0.1) is 6.61 Å². The first-order chi connectivity index (χ1) is 9.97.